The topological polar surface area (TPSA) is 32.3 Å². The first-order valence-electron chi connectivity index (χ1n) is 8.05. The minimum absolute atomic E-state index is 0.0164. The summed E-state index contributed by atoms with van der Waals surface area (Å²) in [6, 6.07) is 8.19. The SMILES string of the molecule is CC(Sc1ccc(Br)cc1)C(=O)N1CC[C@@H]2CNC[C@@H]2CC1. The van der Waals surface area contributed by atoms with Gasteiger partial charge in [-0.3, -0.25) is 4.79 Å². The van der Waals surface area contributed by atoms with Crippen LogP contribution in [0, 0.1) is 11.8 Å². The third kappa shape index (κ3) is 3.87. The molecule has 1 aromatic carbocycles. The highest BCUT2D eigenvalue weighted by Gasteiger charge is 2.32. The normalized spacial score (nSPS) is 26.4. The first kappa shape index (κ1) is 16.3. The number of amides is 1. The van der Waals surface area contributed by atoms with Crippen molar-refractivity contribution in [2.75, 3.05) is 26.2 Å². The average molecular weight is 383 g/mol. The maximum atomic E-state index is 12.7. The Hall–Kier alpha value is -0.520. The minimum Gasteiger partial charge on any atom is -0.342 e. The van der Waals surface area contributed by atoms with E-state index in [0.717, 1.165) is 60.2 Å². The van der Waals surface area contributed by atoms with Gasteiger partial charge >= 0.3 is 0 Å². The van der Waals surface area contributed by atoms with Gasteiger partial charge < -0.3 is 10.2 Å². The molecule has 1 N–H and O–H groups in total. The van der Waals surface area contributed by atoms with Crippen LogP contribution in [0.1, 0.15) is 19.8 Å². The maximum absolute atomic E-state index is 12.7. The summed E-state index contributed by atoms with van der Waals surface area (Å²) in [4.78, 5) is 16.0. The van der Waals surface area contributed by atoms with Crippen LogP contribution in [0.5, 0.6) is 0 Å². The Bertz CT molecular complexity index is 508. The molecule has 2 fully saturated rings. The first-order chi connectivity index (χ1) is 10.6. The second-order valence-corrected chi connectivity index (χ2v) is 8.62. The number of carbonyl (C=O) groups is 1. The number of rotatable bonds is 3. The molecule has 2 saturated heterocycles. The van der Waals surface area contributed by atoms with E-state index < -0.39 is 0 Å². The van der Waals surface area contributed by atoms with Gasteiger partial charge in [-0.05, 0) is 69.0 Å². The number of hydrogen-bond donors (Lipinski definition) is 1. The molecule has 5 heteroatoms. The van der Waals surface area contributed by atoms with Gasteiger partial charge in [0.1, 0.15) is 0 Å². The van der Waals surface area contributed by atoms with Crippen LogP contribution in [-0.4, -0.2) is 42.2 Å². The lowest BCUT2D eigenvalue weighted by Crippen LogP contribution is -2.37. The average Bonchev–Trinajstić information content (AvgIpc) is 2.87. The molecule has 3 atom stereocenters. The Morgan fingerprint density at radius 2 is 1.82 bits per heavy atom. The molecular formula is C17H23BrN2OS. The Balaban J connectivity index is 1.57. The first-order valence-corrected chi connectivity index (χ1v) is 9.72. The van der Waals surface area contributed by atoms with Gasteiger partial charge in [0.25, 0.3) is 0 Å². The van der Waals surface area contributed by atoms with Crippen LogP contribution >= 0.6 is 27.7 Å². The number of likely N-dealkylation sites (tertiary alicyclic amines) is 1. The van der Waals surface area contributed by atoms with E-state index >= 15 is 0 Å². The Morgan fingerprint density at radius 1 is 1.23 bits per heavy atom. The Kier molecular flexibility index (Phi) is 5.47. The molecule has 0 spiro atoms. The molecule has 0 saturated carbocycles. The number of thioether (sulfide) groups is 1. The lowest BCUT2D eigenvalue weighted by Gasteiger charge is -2.24. The number of benzene rings is 1. The molecule has 0 bridgehead atoms. The molecule has 2 aliphatic rings. The van der Waals surface area contributed by atoms with Gasteiger partial charge in [0, 0.05) is 22.5 Å². The molecule has 1 unspecified atom stereocenters. The molecule has 1 aromatic rings. The summed E-state index contributed by atoms with van der Waals surface area (Å²) in [5.41, 5.74) is 0. The molecule has 0 radical (unpaired) electrons. The Labute approximate surface area is 145 Å². The summed E-state index contributed by atoms with van der Waals surface area (Å²) < 4.78 is 1.07. The number of halogens is 1. The molecule has 120 valence electrons. The van der Waals surface area contributed by atoms with Crippen molar-refractivity contribution < 1.29 is 4.79 Å². The molecule has 2 heterocycles. The van der Waals surface area contributed by atoms with Crippen LogP contribution in [0.4, 0.5) is 0 Å². The molecule has 2 aliphatic heterocycles. The predicted molar refractivity (Wildman–Crippen MR) is 95.1 cm³/mol. The second kappa shape index (κ2) is 7.37. The van der Waals surface area contributed by atoms with Gasteiger partial charge in [0.15, 0.2) is 0 Å². The molecule has 22 heavy (non-hydrogen) atoms. The van der Waals surface area contributed by atoms with E-state index in [4.69, 9.17) is 0 Å². The lowest BCUT2D eigenvalue weighted by molar-refractivity contribution is -0.130. The van der Waals surface area contributed by atoms with Crippen LogP contribution in [0.15, 0.2) is 33.6 Å². The smallest absolute Gasteiger partial charge is 0.235 e. The Morgan fingerprint density at radius 3 is 2.41 bits per heavy atom. The van der Waals surface area contributed by atoms with Gasteiger partial charge in [0.05, 0.1) is 5.25 Å². The van der Waals surface area contributed by atoms with Gasteiger partial charge in [-0.25, -0.2) is 0 Å². The predicted octanol–water partition coefficient (Wildman–Crippen LogP) is 3.39. The van der Waals surface area contributed by atoms with E-state index in [2.05, 4.69) is 38.3 Å². The zero-order valence-electron chi connectivity index (χ0n) is 12.9. The van der Waals surface area contributed by atoms with Crippen LogP contribution in [0.2, 0.25) is 0 Å². The van der Waals surface area contributed by atoms with E-state index in [1.54, 1.807) is 11.8 Å². The fraction of sp³-hybridized carbons (Fsp3) is 0.588. The molecule has 0 aliphatic carbocycles. The second-order valence-electron chi connectivity index (χ2n) is 6.30. The van der Waals surface area contributed by atoms with E-state index in [1.165, 1.54) is 0 Å². The summed E-state index contributed by atoms with van der Waals surface area (Å²) in [7, 11) is 0. The quantitative estimate of drug-likeness (QED) is 0.813. The highest BCUT2D eigenvalue weighted by Crippen LogP contribution is 2.30. The van der Waals surface area contributed by atoms with Crippen molar-refractivity contribution >= 4 is 33.6 Å². The van der Waals surface area contributed by atoms with E-state index in [9.17, 15) is 4.79 Å². The summed E-state index contributed by atoms with van der Waals surface area (Å²) >= 11 is 5.10. The van der Waals surface area contributed by atoms with E-state index in [0.29, 0.717) is 5.91 Å². The highest BCUT2D eigenvalue weighted by molar-refractivity contribution is 9.10. The number of nitrogens with one attached hydrogen (secondary N) is 1. The largest absolute Gasteiger partial charge is 0.342 e. The third-order valence-electron chi connectivity index (χ3n) is 4.81. The summed E-state index contributed by atoms with van der Waals surface area (Å²) in [5.74, 6) is 1.83. The van der Waals surface area contributed by atoms with Crippen molar-refractivity contribution in [1.29, 1.82) is 0 Å². The standard InChI is InChI=1S/C17H23BrN2OS/c1-12(22-16-4-2-15(18)3-5-16)17(21)20-8-6-13-10-19-11-14(13)7-9-20/h2-5,12-14,19H,6-11H2,1H3/t12?,13-,14+. The summed E-state index contributed by atoms with van der Waals surface area (Å²) in [6.45, 7) is 6.15. The van der Waals surface area contributed by atoms with Crippen molar-refractivity contribution in [1.82, 2.24) is 10.2 Å². The lowest BCUT2D eigenvalue weighted by atomic mass is 9.92. The molecular weight excluding hydrogens is 360 g/mol. The van der Waals surface area contributed by atoms with Crippen molar-refractivity contribution in [3.63, 3.8) is 0 Å². The van der Waals surface area contributed by atoms with Crippen molar-refractivity contribution in [3.8, 4) is 0 Å². The van der Waals surface area contributed by atoms with Crippen LogP contribution in [0.25, 0.3) is 0 Å². The number of nitrogens with zero attached hydrogens (tertiary/aromatic N) is 1. The molecule has 3 nitrogen and oxygen atoms in total. The molecule has 0 aromatic heterocycles. The van der Waals surface area contributed by atoms with Crippen molar-refractivity contribution in [3.05, 3.63) is 28.7 Å². The summed E-state index contributed by atoms with van der Waals surface area (Å²) in [5, 5.41) is 3.47. The van der Waals surface area contributed by atoms with E-state index in [1.807, 2.05) is 19.1 Å². The monoisotopic (exact) mass is 382 g/mol. The molecule has 1 amide bonds. The zero-order chi connectivity index (χ0) is 15.5. The third-order valence-corrected chi connectivity index (χ3v) is 6.43. The van der Waals surface area contributed by atoms with Crippen molar-refractivity contribution in [2.24, 2.45) is 11.8 Å². The zero-order valence-corrected chi connectivity index (χ0v) is 15.3. The van der Waals surface area contributed by atoms with Crippen LogP contribution in [0.3, 0.4) is 0 Å². The number of fused-ring (bicyclic) bond motifs is 1. The van der Waals surface area contributed by atoms with Crippen LogP contribution in [-0.2, 0) is 4.79 Å². The van der Waals surface area contributed by atoms with Gasteiger partial charge in [-0.1, -0.05) is 15.9 Å². The fourth-order valence-electron chi connectivity index (χ4n) is 3.46. The number of carbonyl (C=O) groups excluding carboxylic acids is 1. The van der Waals surface area contributed by atoms with Crippen LogP contribution < -0.4 is 5.32 Å². The van der Waals surface area contributed by atoms with Gasteiger partial charge in [-0.15, -0.1) is 11.8 Å². The van der Waals surface area contributed by atoms with E-state index in [-0.39, 0.29) is 5.25 Å². The highest BCUT2D eigenvalue weighted by atomic mass is 79.9. The van der Waals surface area contributed by atoms with Gasteiger partial charge in [0.2, 0.25) is 5.91 Å². The fourth-order valence-corrected chi connectivity index (χ4v) is 4.68. The minimum atomic E-state index is -0.0164. The van der Waals surface area contributed by atoms with Gasteiger partial charge in [-0.2, -0.15) is 0 Å². The summed E-state index contributed by atoms with van der Waals surface area (Å²) in [6.07, 6.45) is 2.30. The van der Waals surface area contributed by atoms with Crippen molar-refractivity contribution in [2.45, 2.75) is 29.9 Å². The number of hydrogen-bond acceptors (Lipinski definition) is 3. The maximum Gasteiger partial charge on any atom is 0.235 e. The molecule has 3 rings (SSSR count).